The third-order valence-corrected chi connectivity index (χ3v) is 4.48. The number of anilines is 1. The summed E-state index contributed by atoms with van der Waals surface area (Å²) in [6.07, 6.45) is 0. The van der Waals surface area contributed by atoms with Crippen LogP contribution in [0.25, 0.3) is 21.7 Å². The summed E-state index contributed by atoms with van der Waals surface area (Å²) in [5.41, 5.74) is 2.66. The monoisotopic (exact) mass is 329 g/mol. The van der Waals surface area contributed by atoms with Gasteiger partial charge in [-0.15, -0.1) is 0 Å². The molecule has 0 saturated carbocycles. The fraction of sp³-hybridized carbons (Fsp3) is 0.136. The number of hydrogen-bond donors (Lipinski definition) is 1. The van der Waals surface area contributed by atoms with Gasteiger partial charge < -0.3 is 9.73 Å². The number of carbonyl (C=O) groups excluding carboxylic acids is 1. The first-order valence-corrected chi connectivity index (χ1v) is 8.45. The Labute approximate surface area is 146 Å². The van der Waals surface area contributed by atoms with Gasteiger partial charge in [0.2, 0.25) is 0 Å². The van der Waals surface area contributed by atoms with E-state index in [1.165, 1.54) is 0 Å². The van der Waals surface area contributed by atoms with Crippen molar-refractivity contribution < 1.29 is 9.21 Å². The van der Waals surface area contributed by atoms with E-state index in [4.69, 9.17) is 4.42 Å². The van der Waals surface area contributed by atoms with Crippen LogP contribution in [0, 0.1) is 0 Å². The third kappa shape index (κ3) is 2.78. The van der Waals surface area contributed by atoms with E-state index in [-0.39, 0.29) is 5.91 Å². The van der Waals surface area contributed by atoms with Gasteiger partial charge in [-0.3, -0.25) is 4.79 Å². The van der Waals surface area contributed by atoms with Crippen LogP contribution in [0.3, 0.4) is 0 Å². The highest BCUT2D eigenvalue weighted by Crippen LogP contribution is 2.29. The molecular weight excluding hydrogens is 310 g/mol. The van der Waals surface area contributed by atoms with Crippen LogP contribution < -0.4 is 5.32 Å². The summed E-state index contributed by atoms with van der Waals surface area (Å²) < 4.78 is 5.80. The van der Waals surface area contributed by atoms with Crippen LogP contribution >= 0.6 is 0 Å². The van der Waals surface area contributed by atoms with Gasteiger partial charge in [-0.2, -0.15) is 0 Å². The van der Waals surface area contributed by atoms with Crippen molar-refractivity contribution in [1.29, 1.82) is 0 Å². The number of carbonyl (C=O) groups is 1. The number of benzene rings is 3. The molecule has 0 aliphatic heterocycles. The van der Waals surface area contributed by atoms with Crippen LogP contribution in [0.2, 0.25) is 0 Å². The van der Waals surface area contributed by atoms with Gasteiger partial charge in [-0.05, 0) is 40.5 Å². The molecule has 3 heteroatoms. The third-order valence-electron chi connectivity index (χ3n) is 4.48. The Morgan fingerprint density at radius 1 is 0.920 bits per heavy atom. The minimum absolute atomic E-state index is 0.228. The van der Waals surface area contributed by atoms with Crippen LogP contribution in [-0.2, 0) is 0 Å². The Hall–Kier alpha value is -3.07. The number of hydrogen-bond acceptors (Lipinski definition) is 2. The highest BCUT2D eigenvalue weighted by atomic mass is 16.3. The molecule has 4 rings (SSSR count). The molecule has 0 saturated heterocycles. The number of rotatable bonds is 3. The van der Waals surface area contributed by atoms with Gasteiger partial charge in [0.15, 0.2) is 5.76 Å². The van der Waals surface area contributed by atoms with E-state index in [1.54, 1.807) is 0 Å². The van der Waals surface area contributed by atoms with Crippen LogP contribution in [0.15, 0.2) is 71.1 Å². The van der Waals surface area contributed by atoms with Crippen LogP contribution in [0.1, 0.15) is 35.9 Å². The molecule has 0 aliphatic rings. The van der Waals surface area contributed by atoms with Crippen molar-refractivity contribution in [3.05, 3.63) is 78.1 Å². The normalized spacial score (nSPS) is 11.3. The predicted octanol–water partition coefficient (Wildman–Crippen LogP) is 5.96. The fourth-order valence-corrected chi connectivity index (χ4v) is 3.20. The standard InChI is InChI=1S/C22H19NO2/c1-14(2)16-8-5-6-10-19(16)23-22(24)21-13-18-17-9-4-3-7-15(17)11-12-20(18)25-21/h3-14H,1-2H3,(H,23,24). The average molecular weight is 329 g/mol. The number of furan rings is 1. The highest BCUT2D eigenvalue weighted by Gasteiger charge is 2.16. The van der Waals surface area contributed by atoms with Gasteiger partial charge in [0, 0.05) is 11.1 Å². The SMILES string of the molecule is CC(C)c1ccccc1NC(=O)c1cc2c(ccc3ccccc32)o1. The van der Waals surface area contributed by atoms with E-state index in [9.17, 15) is 4.79 Å². The Balaban J connectivity index is 1.73. The number of amides is 1. The van der Waals surface area contributed by atoms with Crippen molar-refractivity contribution in [2.24, 2.45) is 0 Å². The molecule has 3 nitrogen and oxygen atoms in total. The molecule has 1 N–H and O–H groups in total. The number of fused-ring (bicyclic) bond motifs is 3. The lowest BCUT2D eigenvalue weighted by Gasteiger charge is -2.12. The molecule has 0 radical (unpaired) electrons. The summed E-state index contributed by atoms with van der Waals surface area (Å²) >= 11 is 0. The summed E-state index contributed by atoms with van der Waals surface area (Å²) in [5.74, 6) is 0.425. The maximum absolute atomic E-state index is 12.7. The summed E-state index contributed by atoms with van der Waals surface area (Å²) in [4.78, 5) is 12.7. The zero-order valence-electron chi connectivity index (χ0n) is 14.2. The summed E-state index contributed by atoms with van der Waals surface area (Å²) in [7, 11) is 0. The van der Waals surface area contributed by atoms with E-state index >= 15 is 0 Å². The molecule has 4 aromatic rings. The molecule has 0 unspecified atom stereocenters. The van der Waals surface area contributed by atoms with E-state index in [1.807, 2.05) is 60.7 Å². The maximum Gasteiger partial charge on any atom is 0.291 e. The van der Waals surface area contributed by atoms with Gasteiger partial charge in [0.25, 0.3) is 5.91 Å². The van der Waals surface area contributed by atoms with Crippen molar-refractivity contribution >= 4 is 33.3 Å². The second-order valence-corrected chi connectivity index (χ2v) is 6.51. The van der Waals surface area contributed by atoms with Crippen molar-refractivity contribution in [3.8, 4) is 0 Å². The van der Waals surface area contributed by atoms with Crippen molar-refractivity contribution in [1.82, 2.24) is 0 Å². The molecular formula is C22H19NO2. The van der Waals surface area contributed by atoms with E-state index in [0.29, 0.717) is 11.7 Å². The summed E-state index contributed by atoms with van der Waals surface area (Å²) in [6.45, 7) is 4.22. The Kier molecular flexibility index (Phi) is 3.77. The van der Waals surface area contributed by atoms with E-state index in [2.05, 4.69) is 25.2 Å². The molecule has 3 aromatic carbocycles. The van der Waals surface area contributed by atoms with E-state index in [0.717, 1.165) is 33.0 Å². The van der Waals surface area contributed by atoms with Gasteiger partial charge in [-0.1, -0.05) is 62.4 Å². The Morgan fingerprint density at radius 2 is 1.68 bits per heavy atom. The van der Waals surface area contributed by atoms with Crippen molar-refractivity contribution in [3.63, 3.8) is 0 Å². The van der Waals surface area contributed by atoms with Crippen LogP contribution in [0.5, 0.6) is 0 Å². The smallest absolute Gasteiger partial charge is 0.291 e. The maximum atomic E-state index is 12.7. The minimum Gasteiger partial charge on any atom is -0.451 e. The Bertz CT molecular complexity index is 1080. The number of nitrogens with one attached hydrogen (secondary N) is 1. The zero-order chi connectivity index (χ0) is 17.4. The van der Waals surface area contributed by atoms with Crippen molar-refractivity contribution in [2.75, 3.05) is 5.32 Å². The zero-order valence-corrected chi connectivity index (χ0v) is 14.2. The first-order chi connectivity index (χ1) is 12.1. The first-order valence-electron chi connectivity index (χ1n) is 8.45. The lowest BCUT2D eigenvalue weighted by Crippen LogP contribution is -2.12. The van der Waals surface area contributed by atoms with Gasteiger partial charge in [-0.25, -0.2) is 0 Å². The van der Waals surface area contributed by atoms with Gasteiger partial charge in [0.1, 0.15) is 5.58 Å². The van der Waals surface area contributed by atoms with Crippen molar-refractivity contribution in [2.45, 2.75) is 19.8 Å². The molecule has 25 heavy (non-hydrogen) atoms. The first kappa shape index (κ1) is 15.5. The molecule has 0 fully saturated rings. The molecule has 124 valence electrons. The van der Waals surface area contributed by atoms with Crippen LogP contribution in [0.4, 0.5) is 5.69 Å². The average Bonchev–Trinajstić information content (AvgIpc) is 3.07. The highest BCUT2D eigenvalue weighted by molar-refractivity contribution is 6.10. The molecule has 1 amide bonds. The molecule has 0 aliphatic carbocycles. The fourth-order valence-electron chi connectivity index (χ4n) is 3.20. The summed E-state index contributed by atoms with van der Waals surface area (Å²) in [6, 6.07) is 21.7. The van der Waals surface area contributed by atoms with Crippen LogP contribution in [-0.4, -0.2) is 5.91 Å². The lowest BCUT2D eigenvalue weighted by atomic mass is 10.0. The quantitative estimate of drug-likeness (QED) is 0.504. The molecule has 0 bridgehead atoms. The second-order valence-electron chi connectivity index (χ2n) is 6.51. The molecule has 0 spiro atoms. The second kappa shape index (κ2) is 6.10. The molecule has 1 aromatic heterocycles. The topological polar surface area (TPSA) is 42.2 Å². The number of para-hydroxylation sites is 1. The van der Waals surface area contributed by atoms with E-state index < -0.39 is 0 Å². The summed E-state index contributed by atoms with van der Waals surface area (Å²) in [5, 5.41) is 6.16. The largest absolute Gasteiger partial charge is 0.451 e. The molecule has 1 heterocycles. The van der Waals surface area contributed by atoms with Gasteiger partial charge in [0.05, 0.1) is 0 Å². The van der Waals surface area contributed by atoms with Gasteiger partial charge >= 0.3 is 0 Å². The molecule has 0 atom stereocenters. The minimum atomic E-state index is -0.228. The Morgan fingerprint density at radius 3 is 2.52 bits per heavy atom. The predicted molar refractivity (Wildman–Crippen MR) is 102 cm³/mol. The lowest BCUT2D eigenvalue weighted by molar-refractivity contribution is 0.0998.